The minimum atomic E-state index is -0.539. The van der Waals surface area contributed by atoms with E-state index >= 15 is 0 Å². The number of Topliss-reactive ketones (excluding diaryl/α,β-unsaturated/α-hetero) is 1. The number of carbonyl (C=O) groups excluding carboxylic acids is 1. The lowest BCUT2D eigenvalue weighted by Gasteiger charge is -2.25. The summed E-state index contributed by atoms with van der Waals surface area (Å²) in [6, 6.07) is 0. The molecule has 1 aromatic heterocycles. The second-order valence-corrected chi connectivity index (χ2v) is 5.04. The van der Waals surface area contributed by atoms with Crippen LogP contribution >= 0.6 is 0 Å². The van der Waals surface area contributed by atoms with Gasteiger partial charge in [-0.2, -0.15) is 0 Å². The average molecular weight is 250 g/mol. The number of ether oxygens (including phenoxy) is 1. The van der Waals surface area contributed by atoms with Crippen LogP contribution in [0, 0.1) is 0 Å². The number of imidazole rings is 1. The van der Waals surface area contributed by atoms with Crippen LogP contribution in [0.1, 0.15) is 44.9 Å². The van der Waals surface area contributed by atoms with E-state index in [0.29, 0.717) is 6.42 Å². The highest BCUT2D eigenvalue weighted by molar-refractivity contribution is 5.89. The summed E-state index contributed by atoms with van der Waals surface area (Å²) >= 11 is 0. The summed E-state index contributed by atoms with van der Waals surface area (Å²) in [4.78, 5) is 16.7. The molecule has 100 valence electrons. The summed E-state index contributed by atoms with van der Waals surface area (Å²) in [6.45, 7) is 3.04. The summed E-state index contributed by atoms with van der Waals surface area (Å²) in [7, 11) is 1.65. The molecule has 0 bridgehead atoms. The molecule has 0 amide bonds. The first-order valence-electron chi connectivity index (χ1n) is 6.80. The fourth-order valence-corrected chi connectivity index (χ4v) is 2.80. The maximum atomic E-state index is 12.4. The van der Waals surface area contributed by atoms with Gasteiger partial charge >= 0.3 is 0 Å². The zero-order chi connectivity index (χ0) is 13.0. The molecule has 1 saturated carbocycles. The highest BCUT2D eigenvalue weighted by Crippen LogP contribution is 2.34. The largest absolute Gasteiger partial charge is 0.370 e. The van der Waals surface area contributed by atoms with E-state index in [2.05, 4.69) is 16.5 Å². The van der Waals surface area contributed by atoms with E-state index in [9.17, 15) is 4.79 Å². The van der Waals surface area contributed by atoms with Gasteiger partial charge in [0.25, 0.3) is 0 Å². The van der Waals surface area contributed by atoms with Crippen molar-refractivity contribution in [2.75, 3.05) is 7.11 Å². The smallest absolute Gasteiger partial charge is 0.172 e. The zero-order valence-corrected chi connectivity index (χ0v) is 11.3. The number of carbonyl (C=O) groups is 1. The topological polar surface area (TPSA) is 44.1 Å². The molecule has 0 atom stereocenters. The fourth-order valence-electron chi connectivity index (χ4n) is 2.80. The first-order chi connectivity index (χ1) is 8.72. The molecule has 0 aromatic carbocycles. The molecular formula is C14H22N2O2. The van der Waals surface area contributed by atoms with Crippen LogP contribution in [0.2, 0.25) is 0 Å². The normalized spacial score (nSPS) is 18.1. The molecule has 0 spiro atoms. The van der Waals surface area contributed by atoms with Crippen molar-refractivity contribution in [2.45, 2.75) is 57.6 Å². The Hall–Kier alpha value is -1.16. The number of nitrogens with zero attached hydrogens (tertiary/aromatic N) is 2. The van der Waals surface area contributed by atoms with Gasteiger partial charge in [-0.3, -0.25) is 4.79 Å². The molecule has 1 aliphatic rings. The van der Waals surface area contributed by atoms with Gasteiger partial charge < -0.3 is 9.30 Å². The molecule has 0 aliphatic heterocycles. The van der Waals surface area contributed by atoms with Crippen molar-refractivity contribution >= 4 is 5.78 Å². The van der Waals surface area contributed by atoms with Crippen LogP contribution < -0.4 is 0 Å². The minimum Gasteiger partial charge on any atom is -0.370 e. The quantitative estimate of drug-likeness (QED) is 0.778. The van der Waals surface area contributed by atoms with Crippen molar-refractivity contribution in [1.82, 2.24) is 9.55 Å². The summed E-state index contributed by atoms with van der Waals surface area (Å²) in [5.74, 6) is 1.05. The third-order valence-electron chi connectivity index (χ3n) is 3.90. The van der Waals surface area contributed by atoms with Crippen LogP contribution in [0.3, 0.4) is 0 Å². The predicted octanol–water partition coefficient (Wildman–Crippen LogP) is 2.36. The summed E-state index contributed by atoms with van der Waals surface area (Å²) < 4.78 is 7.59. The van der Waals surface area contributed by atoms with Crippen LogP contribution in [0.4, 0.5) is 0 Å². The van der Waals surface area contributed by atoms with Crippen molar-refractivity contribution in [3.05, 3.63) is 18.2 Å². The van der Waals surface area contributed by atoms with Gasteiger partial charge in [0.05, 0.1) is 6.42 Å². The lowest BCUT2D eigenvalue weighted by molar-refractivity contribution is -0.139. The highest BCUT2D eigenvalue weighted by Gasteiger charge is 2.41. The third-order valence-corrected chi connectivity index (χ3v) is 3.90. The lowest BCUT2D eigenvalue weighted by Crippen LogP contribution is -2.39. The van der Waals surface area contributed by atoms with E-state index in [4.69, 9.17) is 4.74 Å². The second kappa shape index (κ2) is 5.65. The van der Waals surface area contributed by atoms with E-state index in [1.807, 2.05) is 6.20 Å². The van der Waals surface area contributed by atoms with Crippen molar-refractivity contribution < 1.29 is 9.53 Å². The van der Waals surface area contributed by atoms with Gasteiger partial charge in [-0.15, -0.1) is 0 Å². The molecule has 2 rings (SSSR count). The highest BCUT2D eigenvalue weighted by atomic mass is 16.5. The van der Waals surface area contributed by atoms with Crippen molar-refractivity contribution in [1.29, 1.82) is 0 Å². The van der Waals surface area contributed by atoms with E-state index in [0.717, 1.165) is 44.5 Å². The van der Waals surface area contributed by atoms with Crippen LogP contribution in [-0.4, -0.2) is 28.0 Å². The number of ketones is 1. The number of aromatic nitrogens is 2. The number of hydrogen-bond acceptors (Lipinski definition) is 3. The first-order valence-corrected chi connectivity index (χ1v) is 6.80. The Morgan fingerprint density at radius 1 is 1.50 bits per heavy atom. The Morgan fingerprint density at radius 2 is 2.22 bits per heavy atom. The van der Waals surface area contributed by atoms with Crippen LogP contribution in [0.25, 0.3) is 0 Å². The van der Waals surface area contributed by atoms with E-state index < -0.39 is 5.60 Å². The molecule has 0 radical (unpaired) electrons. The third kappa shape index (κ3) is 2.48. The molecule has 0 saturated heterocycles. The Bertz CT molecular complexity index is 406. The van der Waals surface area contributed by atoms with Gasteiger partial charge in [0.1, 0.15) is 11.4 Å². The maximum Gasteiger partial charge on any atom is 0.172 e. The predicted molar refractivity (Wildman–Crippen MR) is 69.4 cm³/mol. The van der Waals surface area contributed by atoms with Gasteiger partial charge in [0, 0.05) is 26.0 Å². The Balaban J connectivity index is 2.08. The molecule has 0 N–H and O–H groups in total. The summed E-state index contributed by atoms with van der Waals surface area (Å²) in [5, 5.41) is 0. The number of hydrogen-bond donors (Lipinski definition) is 0. The van der Waals surface area contributed by atoms with Gasteiger partial charge in [-0.1, -0.05) is 6.92 Å². The monoisotopic (exact) mass is 250 g/mol. The summed E-state index contributed by atoms with van der Waals surface area (Å²) in [6.07, 6.45) is 9.04. The zero-order valence-electron chi connectivity index (χ0n) is 11.3. The van der Waals surface area contributed by atoms with Crippen molar-refractivity contribution in [3.8, 4) is 0 Å². The molecule has 4 heteroatoms. The van der Waals surface area contributed by atoms with Crippen LogP contribution in [0.5, 0.6) is 0 Å². The Labute approximate surface area is 108 Å². The number of methoxy groups -OCH3 is 1. The average Bonchev–Trinajstić information content (AvgIpc) is 3.00. The molecular weight excluding hydrogens is 228 g/mol. The van der Waals surface area contributed by atoms with Crippen molar-refractivity contribution in [3.63, 3.8) is 0 Å². The van der Waals surface area contributed by atoms with E-state index in [-0.39, 0.29) is 5.78 Å². The standard InChI is InChI=1S/C14H22N2O2/c1-3-9-16-10-8-15-13(16)11-12(17)14(18-2)6-4-5-7-14/h8,10H,3-7,9,11H2,1-2H3. The molecule has 18 heavy (non-hydrogen) atoms. The van der Waals surface area contributed by atoms with Gasteiger partial charge in [0.2, 0.25) is 0 Å². The molecule has 4 nitrogen and oxygen atoms in total. The SMILES string of the molecule is CCCn1ccnc1CC(=O)C1(OC)CCCC1. The number of aryl methyl sites for hydroxylation is 1. The van der Waals surface area contributed by atoms with Gasteiger partial charge in [0.15, 0.2) is 5.78 Å². The van der Waals surface area contributed by atoms with Gasteiger partial charge in [-0.25, -0.2) is 4.98 Å². The maximum absolute atomic E-state index is 12.4. The summed E-state index contributed by atoms with van der Waals surface area (Å²) in [5.41, 5.74) is -0.539. The van der Waals surface area contributed by atoms with Crippen molar-refractivity contribution in [2.24, 2.45) is 0 Å². The molecule has 0 unspecified atom stereocenters. The molecule has 1 aliphatic carbocycles. The Morgan fingerprint density at radius 3 is 2.83 bits per heavy atom. The second-order valence-electron chi connectivity index (χ2n) is 5.04. The lowest BCUT2D eigenvalue weighted by atomic mass is 9.94. The molecule has 1 aromatic rings. The van der Waals surface area contributed by atoms with Crippen LogP contribution in [0.15, 0.2) is 12.4 Å². The van der Waals surface area contributed by atoms with Gasteiger partial charge in [-0.05, 0) is 32.1 Å². The van der Waals surface area contributed by atoms with Crippen LogP contribution in [-0.2, 0) is 22.5 Å². The van der Waals surface area contributed by atoms with E-state index in [1.54, 1.807) is 13.3 Å². The molecule has 1 heterocycles. The Kier molecular flexibility index (Phi) is 4.17. The minimum absolute atomic E-state index is 0.186. The van der Waals surface area contributed by atoms with E-state index in [1.165, 1.54) is 0 Å². The first kappa shape index (κ1) is 13.3. The number of rotatable bonds is 6. The fraction of sp³-hybridized carbons (Fsp3) is 0.714. The molecule has 1 fully saturated rings.